The number of nitrogens with one attached hydrogen (secondary N) is 1. The first-order valence-corrected chi connectivity index (χ1v) is 6.49. The van der Waals surface area contributed by atoms with Crippen molar-refractivity contribution in [2.75, 3.05) is 13.6 Å². The summed E-state index contributed by atoms with van der Waals surface area (Å²) in [5, 5.41) is 3.37. The second-order valence-corrected chi connectivity index (χ2v) is 5.08. The molecule has 92 valence electrons. The van der Waals surface area contributed by atoms with E-state index in [4.69, 9.17) is 5.73 Å². The molecule has 0 spiro atoms. The van der Waals surface area contributed by atoms with Crippen LogP contribution < -0.4 is 11.1 Å². The number of fused-ring (bicyclic) bond motifs is 2. The van der Waals surface area contributed by atoms with Crippen molar-refractivity contribution in [3.63, 3.8) is 0 Å². The van der Waals surface area contributed by atoms with Gasteiger partial charge in [0, 0.05) is 24.7 Å². The highest BCUT2D eigenvalue weighted by Crippen LogP contribution is 2.32. The van der Waals surface area contributed by atoms with Gasteiger partial charge in [-0.1, -0.05) is 6.42 Å². The first-order chi connectivity index (χ1) is 7.70. The smallest absolute Gasteiger partial charge is 0.188 e. The van der Waals surface area contributed by atoms with Crippen molar-refractivity contribution in [2.24, 2.45) is 10.7 Å². The van der Waals surface area contributed by atoms with E-state index in [-0.39, 0.29) is 0 Å². The van der Waals surface area contributed by atoms with E-state index < -0.39 is 0 Å². The van der Waals surface area contributed by atoms with Crippen LogP contribution >= 0.6 is 0 Å². The van der Waals surface area contributed by atoms with Gasteiger partial charge in [-0.15, -0.1) is 0 Å². The van der Waals surface area contributed by atoms with Gasteiger partial charge in [0.05, 0.1) is 0 Å². The lowest BCUT2D eigenvalue weighted by Crippen LogP contribution is -2.56. The van der Waals surface area contributed by atoms with Gasteiger partial charge in [0.15, 0.2) is 5.96 Å². The molecule has 0 saturated carbocycles. The third-order valence-corrected chi connectivity index (χ3v) is 4.02. The van der Waals surface area contributed by atoms with Gasteiger partial charge in [-0.25, -0.2) is 0 Å². The van der Waals surface area contributed by atoms with Crippen LogP contribution in [0.4, 0.5) is 0 Å². The number of nitrogens with zero attached hydrogens (tertiary/aromatic N) is 2. The van der Waals surface area contributed by atoms with Gasteiger partial charge < -0.3 is 16.0 Å². The first-order valence-electron chi connectivity index (χ1n) is 6.49. The lowest BCUT2D eigenvalue weighted by Gasteiger charge is -2.47. The minimum absolute atomic E-state index is 0.529. The van der Waals surface area contributed by atoms with E-state index >= 15 is 0 Å². The van der Waals surface area contributed by atoms with Gasteiger partial charge in [0.2, 0.25) is 0 Å². The van der Waals surface area contributed by atoms with Crippen LogP contribution in [0.2, 0.25) is 0 Å². The summed E-state index contributed by atoms with van der Waals surface area (Å²) in [6.45, 7) is 2.77. The van der Waals surface area contributed by atoms with Crippen LogP contribution in [0.15, 0.2) is 4.99 Å². The van der Waals surface area contributed by atoms with Crippen molar-refractivity contribution in [3.05, 3.63) is 0 Å². The molecule has 0 radical (unpaired) electrons. The number of piperidine rings is 2. The fraction of sp³-hybridized carbons (Fsp3) is 0.917. The topological polar surface area (TPSA) is 53.6 Å². The van der Waals surface area contributed by atoms with Gasteiger partial charge in [-0.2, -0.15) is 0 Å². The number of nitrogens with two attached hydrogens (primary N) is 1. The van der Waals surface area contributed by atoms with Crippen LogP contribution in [0.5, 0.6) is 0 Å². The monoisotopic (exact) mass is 224 g/mol. The Hall–Kier alpha value is -0.770. The third-order valence-electron chi connectivity index (χ3n) is 4.02. The fourth-order valence-electron chi connectivity index (χ4n) is 3.16. The summed E-state index contributed by atoms with van der Waals surface area (Å²) in [6, 6.07) is 2.03. The number of guanidine groups is 1. The fourth-order valence-corrected chi connectivity index (χ4v) is 3.16. The van der Waals surface area contributed by atoms with Crippen LogP contribution in [-0.2, 0) is 0 Å². The van der Waals surface area contributed by atoms with Gasteiger partial charge in [0.25, 0.3) is 0 Å². The minimum atomic E-state index is 0.529. The van der Waals surface area contributed by atoms with E-state index in [9.17, 15) is 0 Å². The summed E-state index contributed by atoms with van der Waals surface area (Å²) in [6.07, 6.45) is 6.51. The zero-order chi connectivity index (χ0) is 11.5. The van der Waals surface area contributed by atoms with E-state index in [0.717, 1.165) is 18.6 Å². The van der Waals surface area contributed by atoms with Crippen molar-refractivity contribution in [2.45, 2.75) is 57.2 Å². The molecule has 2 fully saturated rings. The molecular weight excluding hydrogens is 200 g/mol. The molecular formula is C12H24N4. The highest BCUT2D eigenvalue weighted by Gasteiger charge is 2.35. The van der Waals surface area contributed by atoms with Crippen LogP contribution in [0.3, 0.4) is 0 Å². The number of hydrogen-bond acceptors (Lipinski definition) is 2. The molecule has 0 aromatic carbocycles. The molecule has 4 nitrogen and oxygen atoms in total. The molecule has 2 atom stereocenters. The molecule has 2 bridgehead atoms. The standard InChI is InChI=1S/C12H24N4/c1-3-14-12(13)15-9-7-10-5-4-6-11(8-9)16(10)2/h9-11H,3-8H2,1-2H3,(H3,13,14,15). The molecule has 3 N–H and O–H groups in total. The van der Waals surface area contributed by atoms with Crippen LogP contribution in [0, 0.1) is 0 Å². The Balaban J connectivity index is 1.92. The van der Waals surface area contributed by atoms with E-state index in [1.165, 1.54) is 32.1 Å². The second kappa shape index (κ2) is 5.04. The predicted octanol–water partition coefficient (Wildman–Crippen LogP) is 0.926. The van der Waals surface area contributed by atoms with E-state index in [1.807, 2.05) is 6.92 Å². The summed E-state index contributed by atoms with van der Waals surface area (Å²) >= 11 is 0. The van der Waals surface area contributed by atoms with Crippen LogP contribution in [0.25, 0.3) is 0 Å². The molecule has 2 heterocycles. The summed E-state index contributed by atoms with van der Waals surface area (Å²) < 4.78 is 0. The molecule has 0 amide bonds. The summed E-state index contributed by atoms with van der Waals surface area (Å²) in [5.41, 5.74) is 5.83. The second-order valence-electron chi connectivity index (χ2n) is 5.08. The van der Waals surface area contributed by atoms with Gasteiger partial charge in [0.1, 0.15) is 0 Å². The van der Waals surface area contributed by atoms with Crippen molar-refractivity contribution >= 4 is 5.96 Å². The Bertz CT molecular complexity index is 250. The highest BCUT2D eigenvalue weighted by molar-refractivity contribution is 5.78. The Morgan fingerprint density at radius 3 is 2.56 bits per heavy atom. The molecule has 4 heteroatoms. The van der Waals surface area contributed by atoms with E-state index in [1.54, 1.807) is 0 Å². The number of aliphatic imine (C=N–C) groups is 1. The maximum Gasteiger partial charge on any atom is 0.188 e. The zero-order valence-electron chi connectivity index (χ0n) is 10.4. The average Bonchev–Trinajstić information content (AvgIpc) is 2.20. The lowest BCUT2D eigenvalue weighted by molar-refractivity contribution is 0.0528. The molecule has 2 unspecified atom stereocenters. The number of rotatable bonds is 2. The Morgan fingerprint density at radius 1 is 1.38 bits per heavy atom. The average molecular weight is 224 g/mol. The van der Waals surface area contributed by atoms with E-state index in [0.29, 0.717) is 12.0 Å². The third kappa shape index (κ3) is 2.48. The number of hydrogen-bond donors (Lipinski definition) is 2. The molecule has 0 aromatic rings. The van der Waals surface area contributed by atoms with Crippen molar-refractivity contribution in [3.8, 4) is 0 Å². The quantitative estimate of drug-likeness (QED) is 0.542. The van der Waals surface area contributed by atoms with Crippen LogP contribution in [0.1, 0.15) is 39.0 Å². The van der Waals surface area contributed by atoms with Crippen LogP contribution in [-0.4, -0.2) is 42.6 Å². The predicted molar refractivity (Wildman–Crippen MR) is 67.5 cm³/mol. The summed E-state index contributed by atoms with van der Waals surface area (Å²) in [4.78, 5) is 6.77. The Labute approximate surface area is 98.3 Å². The minimum Gasteiger partial charge on any atom is -0.370 e. The SMILES string of the molecule is CCN=C(N)NC1CC2CCCC(C1)N2C. The highest BCUT2D eigenvalue weighted by atomic mass is 15.2. The van der Waals surface area contributed by atoms with Gasteiger partial charge >= 0.3 is 0 Å². The molecule has 2 rings (SSSR count). The first kappa shape index (κ1) is 11.7. The Kier molecular flexibility index (Phi) is 3.69. The normalized spacial score (nSPS) is 36.1. The van der Waals surface area contributed by atoms with Crippen molar-refractivity contribution in [1.29, 1.82) is 0 Å². The largest absolute Gasteiger partial charge is 0.370 e. The van der Waals surface area contributed by atoms with Gasteiger partial charge in [-0.3, -0.25) is 4.99 Å². The maximum absolute atomic E-state index is 5.83. The van der Waals surface area contributed by atoms with Crippen molar-refractivity contribution < 1.29 is 0 Å². The maximum atomic E-state index is 5.83. The van der Waals surface area contributed by atoms with E-state index in [2.05, 4.69) is 22.3 Å². The molecule has 0 aromatic heterocycles. The Morgan fingerprint density at radius 2 is 2.00 bits per heavy atom. The molecule has 0 aliphatic carbocycles. The zero-order valence-corrected chi connectivity index (χ0v) is 10.4. The molecule has 2 aliphatic rings. The molecule has 2 saturated heterocycles. The van der Waals surface area contributed by atoms with Gasteiger partial charge in [-0.05, 0) is 39.7 Å². The lowest BCUT2D eigenvalue weighted by atomic mass is 9.82. The summed E-state index contributed by atoms with van der Waals surface area (Å²) in [7, 11) is 2.27. The van der Waals surface area contributed by atoms with Crippen molar-refractivity contribution in [1.82, 2.24) is 10.2 Å². The summed E-state index contributed by atoms with van der Waals surface area (Å²) in [5.74, 6) is 0.620. The molecule has 16 heavy (non-hydrogen) atoms. The molecule has 2 aliphatic heterocycles.